The molecular weight excluding hydrogens is 138 g/mol. The van der Waals surface area contributed by atoms with E-state index in [4.69, 9.17) is 0 Å². The molecule has 2 N–H and O–H groups in total. The molecule has 11 heavy (non-hydrogen) atoms. The van der Waals surface area contributed by atoms with Crippen LogP contribution in [-0.4, -0.2) is 23.8 Å². The van der Waals surface area contributed by atoms with E-state index in [9.17, 15) is 5.11 Å². The maximum atomic E-state index is 9.93. The normalized spacial score (nSPS) is 22.6. The molecule has 1 saturated heterocycles. The first kappa shape index (κ1) is 8.50. The van der Waals surface area contributed by atoms with Crippen molar-refractivity contribution in [3.8, 4) is 0 Å². The van der Waals surface area contributed by atoms with Gasteiger partial charge in [0.15, 0.2) is 0 Å². The maximum Gasteiger partial charge on any atom is 0.0914 e. The summed E-state index contributed by atoms with van der Waals surface area (Å²) >= 11 is 0. The first-order valence-corrected chi connectivity index (χ1v) is 3.94. The Morgan fingerprint density at radius 1 is 1.45 bits per heavy atom. The lowest BCUT2D eigenvalue weighted by molar-refractivity contribution is 0.0502. The second-order valence-electron chi connectivity index (χ2n) is 3.01. The monoisotopic (exact) mass is 153 g/mol. The molecule has 62 valence electrons. The van der Waals surface area contributed by atoms with Crippen LogP contribution >= 0.6 is 0 Å². The molecule has 0 aromatic rings. The van der Waals surface area contributed by atoms with Gasteiger partial charge in [0.25, 0.3) is 0 Å². The first-order chi connectivity index (χ1) is 5.19. The summed E-state index contributed by atoms with van der Waals surface area (Å²) in [5, 5.41) is 13.1. The zero-order chi connectivity index (χ0) is 8.32. The fraction of sp³-hybridized carbons (Fsp3) is 0.556. The zero-order valence-corrected chi connectivity index (χ0v) is 6.77. The van der Waals surface area contributed by atoms with Gasteiger partial charge in [0.1, 0.15) is 0 Å². The topological polar surface area (TPSA) is 32.3 Å². The molecule has 2 heteroatoms. The van der Waals surface area contributed by atoms with E-state index < -0.39 is 5.60 Å². The van der Waals surface area contributed by atoms with Gasteiger partial charge < -0.3 is 10.4 Å². The van der Waals surface area contributed by atoms with Crippen molar-refractivity contribution in [2.75, 3.05) is 13.1 Å². The minimum absolute atomic E-state index is 0.687. The average Bonchev–Trinajstić information content (AvgIpc) is 2.04. The summed E-state index contributed by atoms with van der Waals surface area (Å²) in [6.07, 6.45) is 3.14. The van der Waals surface area contributed by atoms with Gasteiger partial charge in [-0.25, -0.2) is 0 Å². The number of piperidine rings is 1. The lowest BCUT2D eigenvalue weighted by atomic mass is 9.86. The Balaban J connectivity index is 2.63. The number of rotatable bonds is 2. The van der Waals surface area contributed by atoms with Crippen molar-refractivity contribution in [3.63, 3.8) is 0 Å². The van der Waals surface area contributed by atoms with Crippen LogP contribution in [0.2, 0.25) is 0 Å². The Labute approximate surface area is 67.6 Å². The van der Waals surface area contributed by atoms with Crippen LogP contribution in [0.15, 0.2) is 24.8 Å². The summed E-state index contributed by atoms with van der Waals surface area (Å²) in [7, 11) is 0. The van der Waals surface area contributed by atoms with Crippen LogP contribution in [0.1, 0.15) is 12.8 Å². The van der Waals surface area contributed by atoms with E-state index in [-0.39, 0.29) is 0 Å². The predicted octanol–water partition coefficient (Wildman–Crippen LogP) is 0.843. The van der Waals surface area contributed by atoms with Gasteiger partial charge in [-0.3, -0.25) is 0 Å². The van der Waals surface area contributed by atoms with E-state index in [1.54, 1.807) is 6.08 Å². The minimum atomic E-state index is -0.687. The van der Waals surface area contributed by atoms with Crippen LogP contribution in [0.25, 0.3) is 0 Å². The second-order valence-corrected chi connectivity index (χ2v) is 3.01. The minimum Gasteiger partial charge on any atom is -0.385 e. The van der Waals surface area contributed by atoms with Crippen LogP contribution in [-0.2, 0) is 0 Å². The van der Waals surface area contributed by atoms with Gasteiger partial charge in [0, 0.05) is 0 Å². The van der Waals surface area contributed by atoms with Crippen molar-refractivity contribution in [2.24, 2.45) is 0 Å². The highest BCUT2D eigenvalue weighted by atomic mass is 16.3. The van der Waals surface area contributed by atoms with E-state index >= 15 is 0 Å². The summed E-state index contributed by atoms with van der Waals surface area (Å²) < 4.78 is 0. The van der Waals surface area contributed by atoms with E-state index in [2.05, 4.69) is 18.5 Å². The van der Waals surface area contributed by atoms with Crippen molar-refractivity contribution in [2.45, 2.75) is 18.4 Å². The fourth-order valence-corrected chi connectivity index (χ4v) is 1.35. The Kier molecular flexibility index (Phi) is 2.47. The third kappa shape index (κ3) is 1.70. The third-order valence-electron chi connectivity index (χ3n) is 2.27. The van der Waals surface area contributed by atoms with E-state index in [0.717, 1.165) is 31.5 Å². The summed E-state index contributed by atoms with van der Waals surface area (Å²) in [6.45, 7) is 9.10. The summed E-state index contributed by atoms with van der Waals surface area (Å²) in [5.41, 5.74) is 0.0616. The van der Waals surface area contributed by atoms with Gasteiger partial charge in [-0.1, -0.05) is 19.2 Å². The average molecular weight is 153 g/mol. The molecule has 0 unspecified atom stereocenters. The van der Waals surface area contributed by atoms with Crippen LogP contribution in [0.5, 0.6) is 0 Å². The number of hydrogen-bond donors (Lipinski definition) is 2. The van der Waals surface area contributed by atoms with Gasteiger partial charge in [-0.2, -0.15) is 0 Å². The van der Waals surface area contributed by atoms with E-state index in [1.165, 1.54) is 0 Å². The predicted molar refractivity (Wildman–Crippen MR) is 46.4 cm³/mol. The lowest BCUT2D eigenvalue weighted by Crippen LogP contribution is -2.42. The lowest BCUT2D eigenvalue weighted by Gasteiger charge is -2.33. The van der Waals surface area contributed by atoms with Crippen molar-refractivity contribution in [3.05, 3.63) is 24.8 Å². The van der Waals surface area contributed by atoms with E-state index in [1.807, 2.05) is 0 Å². The second kappa shape index (κ2) is 3.20. The third-order valence-corrected chi connectivity index (χ3v) is 2.27. The molecule has 0 aromatic carbocycles. The van der Waals surface area contributed by atoms with Crippen molar-refractivity contribution in [1.29, 1.82) is 0 Å². The first-order valence-electron chi connectivity index (χ1n) is 3.94. The van der Waals surface area contributed by atoms with Crippen LogP contribution < -0.4 is 5.32 Å². The molecule has 1 heterocycles. The number of nitrogens with one attached hydrogen (secondary N) is 1. The quantitative estimate of drug-likeness (QED) is 0.576. The molecule has 0 amide bonds. The Morgan fingerprint density at radius 2 is 2.00 bits per heavy atom. The highest BCUT2D eigenvalue weighted by Gasteiger charge is 2.30. The molecule has 0 spiro atoms. The summed E-state index contributed by atoms with van der Waals surface area (Å²) in [6, 6.07) is 0. The Hall–Kier alpha value is -0.600. The fourth-order valence-electron chi connectivity index (χ4n) is 1.35. The van der Waals surface area contributed by atoms with Crippen molar-refractivity contribution in [1.82, 2.24) is 5.32 Å². The molecule has 0 radical (unpaired) electrons. The van der Waals surface area contributed by atoms with Gasteiger partial charge in [0.05, 0.1) is 5.60 Å². The summed E-state index contributed by atoms with van der Waals surface area (Å²) in [4.78, 5) is 0. The molecule has 0 bridgehead atoms. The molecule has 1 rings (SSSR count). The smallest absolute Gasteiger partial charge is 0.0914 e. The molecule has 1 aliphatic heterocycles. The molecule has 1 fully saturated rings. The Bertz CT molecular complexity index is 168. The van der Waals surface area contributed by atoms with Crippen LogP contribution in [0.4, 0.5) is 0 Å². The highest BCUT2D eigenvalue weighted by Crippen LogP contribution is 2.25. The number of aliphatic hydroxyl groups is 1. The van der Waals surface area contributed by atoms with E-state index in [0.29, 0.717) is 0 Å². The molecule has 0 saturated carbocycles. The molecule has 1 aliphatic rings. The van der Waals surface area contributed by atoms with Crippen LogP contribution in [0.3, 0.4) is 0 Å². The molecular formula is C9H15NO. The SMILES string of the molecule is C=CC(=C)C1(O)CCNCC1. The van der Waals surface area contributed by atoms with Gasteiger partial charge in [-0.15, -0.1) is 0 Å². The van der Waals surface area contributed by atoms with Gasteiger partial charge >= 0.3 is 0 Å². The highest BCUT2D eigenvalue weighted by molar-refractivity contribution is 5.24. The standard InChI is InChI=1S/C9H15NO/c1-3-8(2)9(11)4-6-10-7-5-9/h3,10-11H,1-2,4-7H2. The molecule has 0 atom stereocenters. The van der Waals surface area contributed by atoms with Gasteiger partial charge in [0.2, 0.25) is 0 Å². The molecule has 0 aliphatic carbocycles. The molecule has 2 nitrogen and oxygen atoms in total. The van der Waals surface area contributed by atoms with Gasteiger partial charge in [-0.05, 0) is 31.5 Å². The molecule has 0 aromatic heterocycles. The number of hydrogen-bond acceptors (Lipinski definition) is 2. The summed E-state index contributed by atoms with van der Waals surface area (Å²) in [5.74, 6) is 0. The largest absolute Gasteiger partial charge is 0.385 e. The maximum absolute atomic E-state index is 9.93. The van der Waals surface area contributed by atoms with Crippen molar-refractivity contribution < 1.29 is 5.11 Å². The zero-order valence-electron chi connectivity index (χ0n) is 6.77. The van der Waals surface area contributed by atoms with Crippen molar-refractivity contribution >= 4 is 0 Å². The Morgan fingerprint density at radius 3 is 2.45 bits per heavy atom. The van der Waals surface area contributed by atoms with Crippen LogP contribution in [0, 0.1) is 0 Å².